The van der Waals surface area contributed by atoms with Crippen LogP contribution >= 0.6 is 0 Å². The lowest BCUT2D eigenvalue weighted by atomic mass is 9.97. The van der Waals surface area contributed by atoms with Gasteiger partial charge in [-0.1, -0.05) is 18.2 Å². The number of nitrogens with two attached hydrogens (primary N) is 1. The molecule has 0 spiro atoms. The molecule has 120 valence electrons. The standard InChI is InChI=1S/C17H25N3O2/c18-17(19-9-5-13-6-10-21-11-7-13)20-15-8-12-22-16-4-2-1-3-14(15)16/h1-4,13,15H,5-12H2,(H3,18,19,20). The van der Waals surface area contributed by atoms with Gasteiger partial charge in [-0.25, -0.2) is 0 Å². The van der Waals surface area contributed by atoms with Crippen LogP contribution in [0.15, 0.2) is 29.3 Å². The maximum atomic E-state index is 6.05. The lowest BCUT2D eigenvalue weighted by Gasteiger charge is -2.27. The molecular weight excluding hydrogens is 278 g/mol. The molecule has 3 rings (SSSR count). The summed E-state index contributed by atoms with van der Waals surface area (Å²) in [4.78, 5) is 4.49. The molecule has 1 aromatic carbocycles. The molecule has 1 fully saturated rings. The van der Waals surface area contributed by atoms with E-state index >= 15 is 0 Å². The zero-order valence-corrected chi connectivity index (χ0v) is 13.0. The molecule has 5 heteroatoms. The molecule has 1 saturated heterocycles. The number of hydrogen-bond acceptors (Lipinski definition) is 3. The van der Waals surface area contributed by atoms with Crippen LogP contribution in [0.3, 0.4) is 0 Å². The van der Waals surface area contributed by atoms with E-state index in [2.05, 4.69) is 16.4 Å². The Kier molecular flexibility index (Phi) is 5.16. The van der Waals surface area contributed by atoms with Crippen LogP contribution in [0.5, 0.6) is 5.75 Å². The van der Waals surface area contributed by atoms with E-state index in [0.717, 1.165) is 62.7 Å². The van der Waals surface area contributed by atoms with Gasteiger partial charge < -0.3 is 20.5 Å². The zero-order chi connectivity index (χ0) is 15.2. The Morgan fingerprint density at radius 3 is 2.86 bits per heavy atom. The summed E-state index contributed by atoms with van der Waals surface area (Å²) >= 11 is 0. The van der Waals surface area contributed by atoms with Crippen molar-refractivity contribution in [2.75, 3.05) is 26.4 Å². The smallest absolute Gasteiger partial charge is 0.189 e. The average molecular weight is 303 g/mol. The molecule has 0 amide bonds. The van der Waals surface area contributed by atoms with E-state index in [-0.39, 0.29) is 6.04 Å². The molecule has 5 nitrogen and oxygen atoms in total. The highest BCUT2D eigenvalue weighted by atomic mass is 16.5. The third kappa shape index (κ3) is 3.91. The largest absolute Gasteiger partial charge is 0.493 e. The number of para-hydroxylation sites is 1. The third-order valence-electron chi connectivity index (χ3n) is 4.44. The predicted molar refractivity (Wildman–Crippen MR) is 87.1 cm³/mol. The molecule has 1 atom stereocenters. The average Bonchev–Trinajstić information content (AvgIpc) is 2.56. The summed E-state index contributed by atoms with van der Waals surface area (Å²) in [5, 5.41) is 3.34. The van der Waals surface area contributed by atoms with Crippen LogP contribution in [0.4, 0.5) is 0 Å². The Hall–Kier alpha value is -1.75. The first-order valence-electron chi connectivity index (χ1n) is 8.19. The van der Waals surface area contributed by atoms with Crippen molar-refractivity contribution in [3.8, 4) is 5.75 Å². The fraction of sp³-hybridized carbons (Fsp3) is 0.588. The van der Waals surface area contributed by atoms with Crippen LogP contribution in [0.1, 0.15) is 37.3 Å². The Balaban J connectivity index is 1.51. The van der Waals surface area contributed by atoms with E-state index in [1.807, 2.05) is 18.2 Å². The fourth-order valence-electron chi connectivity index (χ4n) is 3.12. The first-order chi connectivity index (χ1) is 10.8. The first kappa shape index (κ1) is 15.2. The summed E-state index contributed by atoms with van der Waals surface area (Å²) in [5.74, 6) is 2.21. The minimum Gasteiger partial charge on any atom is -0.493 e. The normalized spacial score (nSPS) is 22.7. The van der Waals surface area contributed by atoms with E-state index in [1.54, 1.807) is 0 Å². The van der Waals surface area contributed by atoms with E-state index in [9.17, 15) is 0 Å². The van der Waals surface area contributed by atoms with Crippen molar-refractivity contribution in [3.05, 3.63) is 29.8 Å². The number of rotatable bonds is 4. The Labute approximate surface area is 131 Å². The first-order valence-corrected chi connectivity index (χ1v) is 8.19. The number of aliphatic imine (C=N–C) groups is 1. The topological polar surface area (TPSA) is 68.9 Å². The second-order valence-corrected chi connectivity index (χ2v) is 5.98. The third-order valence-corrected chi connectivity index (χ3v) is 4.44. The Morgan fingerprint density at radius 1 is 1.18 bits per heavy atom. The molecule has 0 bridgehead atoms. The maximum Gasteiger partial charge on any atom is 0.189 e. The van der Waals surface area contributed by atoms with Gasteiger partial charge in [-0.05, 0) is 31.2 Å². The number of benzene rings is 1. The van der Waals surface area contributed by atoms with Crippen molar-refractivity contribution >= 4 is 5.96 Å². The van der Waals surface area contributed by atoms with E-state index in [1.165, 1.54) is 0 Å². The van der Waals surface area contributed by atoms with Crippen molar-refractivity contribution in [3.63, 3.8) is 0 Å². The molecule has 1 aromatic rings. The van der Waals surface area contributed by atoms with Gasteiger partial charge in [0.1, 0.15) is 5.75 Å². The number of guanidine groups is 1. The second kappa shape index (κ2) is 7.49. The number of fused-ring (bicyclic) bond motifs is 1. The van der Waals surface area contributed by atoms with Crippen LogP contribution in [-0.2, 0) is 4.74 Å². The molecule has 1 unspecified atom stereocenters. The van der Waals surface area contributed by atoms with Gasteiger partial charge in [0.2, 0.25) is 0 Å². The van der Waals surface area contributed by atoms with E-state index in [4.69, 9.17) is 15.2 Å². The van der Waals surface area contributed by atoms with E-state index in [0.29, 0.717) is 12.6 Å². The molecule has 0 aromatic heterocycles. The monoisotopic (exact) mass is 303 g/mol. The van der Waals surface area contributed by atoms with Gasteiger partial charge in [0.25, 0.3) is 0 Å². The van der Waals surface area contributed by atoms with Gasteiger partial charge in [-0.2, -0.15) is 0 Å². The summed E-state index contributed by atoms with van der Waals surface area (Å²) in [6.07, 6.45) is 4.30. The van der Waals surface area contributed by atoms with Crippen molar-refractivity contribution < 1.29 is 9.47 Å². The van der Waals surface area contributed by atoms with Crippen molar-refractivity contribution in [1.82, 2.24) is 5.32 Å². The maximum absolute atomic E-state index is 6.05. The Morgan fingerprint density at radius 2 is 2.00 bits per heavy atom. The molecule has 0 aliphatic carbocycles. The number of nitrogens with one attached hydrogen (secondary N) is 1. The highest BCUT2D eigenvalue weighted by Gasteiger charge is 2.21. The molecule has 2 aliphatic rings. The number of nitrogens with zero attached hydrogens (tertiary/aromatic N) is 1. The van der Waals surface area contributed by atoms with E-state index < -0.39 is 0 Å². The van der Waals surface area contributed by atoms with Crippen molar-refractivity contribution in [2.24, 2.45) is 16.6 Å². The van der Waals surface area contributed by atoms with Gasteiger partial charge >= 0.3 is 0 Å². The lowest BCUT2D eigenvalue weighted by molar-refractivity contribution is 0.0647. The molecule has 0 radical (unpaired) electrons. The molecular formula is C17H25N3O2. The molecule has 22 heavy (non-hydrogen) atoms. The van der Waals surface area contributed by atoms with Gasteiger partial charge in [0.05, 0.1) is 12.6 Å². The minimum absolute atomic E-state index is 0.191. The summed E-state index contributed by atoms with van der Waals surface area (Å²) < 4.78 is 11.0. The lowest BCUT2D eigenvalue weighted by Crippen LogP contribution is -2.37. The molecule has 3 N–H and O–H groups in total. The van der Waals surface area contributed by atoms with Crippen molar-refractivity contribution in [2.45, 2.75) is 31.7 Å². The molecule has 2 aliphatic heterocycles. The van der Waals surface area contributed by atoms with Crippen LogP contribution < -0.4 is 15.8 Å². The van der Waals surface area contributed by atoms with Crippen LogP contribution in [0.25, 0.3) is 0 Å². The fourth-order valence-corrected chi connectivity index (χ4v) is 3.12. The highest BCUT2D eigenvalue weighted by Crippen LogP contribution is 2.31. The second-order valence-electron chi connectivity index (χ2n) is 5.98. The summed E-state index contributed by atoms with van der Waals surface area (Å²) in [5.41, 5.74) is 7.21. The van der Waals surface area contributed by atoms with Gasteiger partial charge in [-0.3, -0.25) is 4.99 Å². The quantitative estimate of drug-likeness (QED) is 0.661. The molecule has 0 saturated carbocycles. The predicted octanol–water partition coefficient (Wildman–Crippen LogP) is 2.23. The van der Waals surface area contributed by atoms with Crippen LogP contribution in [-0.4, -0.2) is 32.3 Å². The van der Waals surface area contributed by atoms with Gasteiger partial charge in [-0.15, -0.1) is 0 Å². The number of hydrogen-bond donors (Lipinski definition) is 2. The molecule has 2 heterocycles. The van der Waals surface area contributed by atoms with Crippen LogP contribution in [0.2, 0.25) is 0 Å². The van der Waals surface area contributed by atoms with Gasteiger partial charge in [0, 0.05) is 31.7 Å². The summed E-state index contributed by atoms with van der Waals surface area (Å²) in [7, 11) is 0. The Bertz CT molecular complexity index is 512. The van der Waals surface area contributed by atoms with Crippen molar-refractivity contribution in [1.29, 1.82) is 0 Å². The summed E-state index contributed by atoms with van der Waals surface area (Å²) in [6, 6.07) is 8.30. The van der Waals surface area contributed by atoms with Gasteiger partial charge in [0.15, 0.2) is 5.96 Å². The minimum atomic E-state index is 0.191. The number of ether oxygens (including phenoxy) is 2. The SMILES string of the molecule is NC(=NCCC1CCOCC1)NC1CCOc2ccccc21. The van der Waals surface area contributed by atoms with Crippen LogP contribution in [0, 0.1) is 5.92 Å². The summed E-state index contributed by atoms with van der Waals surface area (Å²) in [6.45, 7) is 3.28. The zero-order valence-electron chi connectivity index (χ0n) is 13.0. The highest BCUT2D eigenvalue weighted by molar-refractivity contribution is 5.78.